The largest absolute Gasteiger partial charge is 0.352 e. The first-order valence-corrected chi connectivity index (χ1v) is 8.88. The van der Waals surface area contributed by atoms with Crippen molar-refractivity contribution in [1.29, 1.82) is 0 Å². The zero-order valence-electron chi connectivity index (χ0n) is 16.2. The molecular weight excluding hydrogens is 345 g/mol. The molecule has 0 aliphatic carbocycles. The molecule has 0 radical (unpaired) electrons. The number of halogens is 1. The van der Waals surface area contributed by atoms with E-state index in [4.69, 9.17) is 0 Å². The van der Waals surface area contributed by atoms with Gasteiger partial charge in [-0.15, -0.1) is 0 Å². The van der Waals surface area contributed by atoms with E-state index in [2.05, 4.69) is 10.6 Å². The second-order valence-electron chi connectivity index (χ2n) is 6.72. The van der Waals surface area contributed by atoms with Crippen molar-refractivity contribution < 1.29 is 14.0 Å². The van der Waals surface area contributed by atoms with Gasteiger partial charge in [0.1, 0.15) is 11.4 Å². The van der Waals surface area contributed by atoms with Crippen molar-refractivity contribution in [3.63, 3.8) is 0 Å². The molecule has 0 aliphatic rings. The Morgan fingerprint density at radius 3 is 2.33 bits per heavy atom. The summed E-state index contributed by atoms with van der Waals surface area (Å²) in [7, 11) is 3.61. The van der Waals surface area contributed by atoms with Crippen molar-refractivity contribution >= 4 is 11.8 Å². The van der Waals surface area contributed by atoms with E-state index in [1.54, 1.807) is 56.3 Å². The SMILES string of the molecule is CCNC(=O)c1cccc(CNC(=O)[C@@](C)(c2ccc(F)cc2)N(C)C)c1. The van der Waals surface area contributed by atoms with Crippen LogP contribution in [0.1, 0.15) is 35.3 Å². The highest BCUT2D eigenvalue weighted by Gasteiger charge is 2.37. The summed E-state index contributed by atoms with van der Waals surface area (Å²) in [6.07, 6.45) is 0. The Hall–Kier alpha value is -2.73. The molecule has 0 spiro atoms. The van der Waals surface area contributed by atoms with Gasteiger partial charge in [-0.3, -0.25) is 14.5 Å². The van der Waals surface area contributed by atoms with Gasteiger partial charge in [-0.05, 0) is 63.3 Å². The molecule has 27 heavy (non-hydrogen) atoms. The Bertz CT molecular complexity index is 805. The molecule has 1 atom stereocenters. The molecule has 6 heteroatoms. The number of nitrogens with zero attached hydrogens (tertiary/aromatic N) is 1. The minimum absolute atomic E-state index is 0.143. The molecule has 0 aromatic heterocycles. The summed E-state index contributed by atoms with van der Waals surface area (Å²) in [6, 6.07) is 13.1. The zero-order chi connectivity index (χ0) is 20.0. The highest BCUT2D eigenvalue weighted by atomic mass is 19.1. The first kappa shape index (κ1) is 20.6. The average molecular weight is 371 g/mol. The fraction of sp³-hybridized carbons (Fsp3) is 0.333. The number of amides is 2. The first-order valence-electron chi connectivity index (χ1n) is 8.88. The quantitative estimate of drug-likeness (QED) is 0.787. The third-order valence-electron chi connectivity index (χ3n) is 4.72. The number of rotatable bonds is 7. The minimum atomic E-state index is -0.953. The van der Waals surface area contributed by atoms with Crippen LogP contribution < -0.4 is 10.6 Å². The van der Waals surface area contributed by atoms with Crippen LogP contribution in [0.5, 0.6) is 0 Å². The lowest BCUT2D eigenvalue weighted by Gasteiger charge is -2.35. The third kappa shape index (κ3) is 4.71. The standard InChI is InChI=1S/C21H26FN3O2/c1-5-23-19(26)16-8-6-7-15(13-16)14-24-20(27)21(2,25(3)4)17-9-11-18(22)12-10-17/h6-13H,5,14H2,1-4H3,(H,23,26)(H,24,27)/t21-/m1/s1. The summed E-state index contributed by atoms with van der Waals surface area (Å²) in [5.41, 5.74) is 1.12. The van der Waals surface area contributed by atoms with Gasteiger partial charge in [0.25, 0.3) is 5.91 Å². The smallest absolute Gasteiger partial charge is 0.251 e. The number of hydrogen-bond donors (Lipinski definition) is 2. The van der Waals surface area contributed by atoms with Gasteiger partial charge < -0.3 is 10.6 Å². The molecule has 2 amide bonds. The molecule has 144 valence electrons. The molecule has 0 aliphatic heterocycles. The van der Waals surface area contributed by atoms with Crippen LogP contribution >= 0.6 is 0 Å². The van der Waals surface area contributed by atoms with E-state index in [9.17, 15) is 14.0 Å². The monoisotopic (exact) mass is 371 g/mol. The fourth-order valence-electron chi connectivity index (χ4n) is 2.81. The molecular formula is C21H26FN3O2. The van der Waals surface area contributed by atoms with E-state index in [-0.39, 0.29) is 24.2 Å². The fourth-order valence-corrected chi connectivity index (χ4v) is 2.81. The molecule has 0 unspecified atom stereocenters. The van der Waals surface area contributed by atoms with Crippen LogP contribution in [-0.2, 0) is 16.9 Å². The van der Waals surface area contributed by atoms with Crippen LogP contribution in [-0.4, -0.2) is 37.4 Å². The number of likely N-dealkylation sites (N-methyl/N-ethyl adjacent to an activating group) is 1. The summed E-state index contributed by atoms with van der Waals surface area (Å²) in [5.74, 6) is -0.694. The highest BCUT2D eigenvalue weighted by Crippen LogP contribution is 2.27. The molecule has 2 aromatic carbocycles. The number of carbonyl (C=O) groups excluding carboxylic acids is 2. The molecule has 2 N–H and O–H groups in total. The first-order chi connectivity index (χ1) is 12.8. The Morgan fingerprint density at radius 2 is 1.74 bits per heavy atom. The minimum Gasteiger partial charge on any atom is -0.352 e. The number of hydrogen-bond acceptors (Lipinski definition) is 3. The maximum absolute atomic E-state index is 13.3. The highest BCUT2D eigenvalue weighted by molar-refractivity contribution is 5.94. The molecule has 0 saturated carbocycles. The van der Waals surface area contributed by atoms with Crippen LogP contribution in [0, 0.1) is 5.82 Å². The van der Waals surface area contributed by atoms with Gasteiger partial charge in [0.15, 0.2) is 0 Å². The van der Waals surface area contributed by atoms with Gasteiger partial charge in [0, 0.05) is 18.7 Å². The van der Waals surface area contributed by atoms with Gasteiger partial charge in [-0.1, -0.05) is 24.3 Å². The summed E-state index contributed by atoms with van der Waals surface area (Å²) in [5, 5.41) is 5.68. The van der Waals surface area contributed by atoms with E-state index >= 15 is 0 Å². The summed E-state index contributed by atoms with van der Waals surface area (Å²) >= 11 is 0. The maximum atomic E-state index is 13.3. The van der Waals surface area contributed by atoms with Crippen molar-refractivity contribution in [1.82, 2.24) is 15.5 Å². The molecule has 2 aromatic rings. The van der Waals surface area contributed by atoms with Gasteiger partial charge >= 0.3 is 0 Å². The van der Waals surface area contributed by atoms with Crippen LogP contribution in [0.2, 0.25) is 0 Å². The van der Waals surface area contributed by atoms with E-state index in [1.807, 2.05) is 13.0 Å². The summed E-state index contributed by atoms with van der Waals surface area (Å²) < 4.78 is 13.3. The van der Waals surface area contributed by atoms with Crippen molar-refractivity contribution in [3.05, 3.63) is 71.0 Å². The second-order valence-corrected chi connectivity index (χ2v) is 6.72. The summed E-state index contributed by atoms with van der Waals surface area (Å²) in [6.45, 7) is 4.50. The van der Waals surface area contributed by atoms with Crippen LogP contribution in [0.15, 0.2) is 48.5 Å². The van der Waals surface area contributed by atoms with Crippen molar-refractivity contribution in [3.8, 4) is 0 Å². The molecule has 0 bridgehead atoms. The Balaban J connectivity index is 2.16. The lowest BCUT2D eigenvalue weighted by molar-refractivity contribution is -0.131. The maximum Gasteiger partial charge on any atom is 0.251 e. The van der Waals surface area contributed by atoms with E-state index in [0.29, 0.717) is 17.7 Å². The third-order valence-corrected chi connectivity index (χ3v) is 4.72. The van der Waals surface area contributed by atoms with Gasteiger partial charge in [-0.2, -0.15) is 0 Å². The van der Waals surface area contributed by atoms with Gasteiger partial charge in [-0.25, -0.2) is 4.39 Å². The van der Waals surface area contributed by atoms with Gasteiger partial charge in [0.05, 0.1) is 0 Å². The van der Waals surface area contributed by atoms with Crippen LogP contribution in [0.3, 0.4) is 0 Å². The van der Waals surface area contributed by atoms with Crippen molar-refractivity contribution in [2.24, 2.45) is 0 Å². The lowest BCUT2D eigenvalue weighted by Crippen LogP contribution is -2.51. The Morgan fingerprint density at radius 1 is 1.07 bits per heavy atom. The molecule has 5 nitrogen and oxygen atoms in total. The summed E-state index contributed by atoms with van der Waals surface area (Å²) in [4.78, 5) is 26.7. The van der Waals surface area contributed by atoms with Crippen molar-refractivity contribution in [2.45, 2.75) is 25.9 Å². The van der Waals surface area contributed by atoms with Crippen molar-refractivity contribution in [2.75, 3.05) is 20.6 Å². The number of carbonyl (C=O) groups is 2. The predicted molar refractivity (Wildman–Crippen MR) is 104 cm³/mol. The Labute approximate surface area is 159 Å². The van der Waals surface area contributed by atoms with E-state index < -0.39 is 5.54 Å². The van der Waals surface area contributed by atoms with Gasteiger partial charge in [0.2, 0.25) is 5.91 Å². The van der Waals surface area contributed by atoms with E-state index in [0.717, 1.165) is 5.56 Å². The molecule has 0 saturated heterocycles. The van der Waals surface area contributed by atoms with Crippen LogP contribution in [0.25, 0.3) is 0 Å². The molecule has 0 heterocycles. The predicted octanol–water partition coefficient (Wildman–Crippen LogP) is 2.67. The lowest BCUT2D eigenvalue weighted by atomic mass is 9.89. The number of benzene rings is 2. The topological polar surface area (TPSA) is 61.4 Å². The number of nitrogens with one attached hydrogen (secondary N) is 2. The van der Waals surface area contributed by atoms with Crippen LogP contribution in [0.4, 0.5) is 4.39 Å². The second kappa shape index (κ2) is 8.77. The molecule has 2 rings (SSSR count). The zero-order valence-corrected chi connectivity index (χ0v) is 16.2. The average Bonchev–Trinajstić information content (AvgIpc) is 2.66. The normalized spacial score (nSPS) is 13.1. The van der Waals surface area contributed by atoms with E-state index in [1.165, 1.54) is 12.1 Å². The Kier molecular flexibility index (Phi) is 6.69. The molecule has 0 fully saturated rings.